The molecule has 3 rings (SSSR count). The number of rotatable bonds is 3. The van der Waals surface area contributed by atoms with E-state index in [0.717, 1.165) is 30.1 Å². The summed E-state index contributed by atoms with van der Waals surface area (Å²) < 4.78 is 1.63. The number of hydrazine groups is 1. The highest BCUT2D eigenvalue weighted by molar-refractivity contribution is 5.83. The molecule has 21 heavy (non-hydrogen) atoms. The van der Waals surface area contributed by atoms with Gasteiger partial charge in [0, 0.05) is 11.6 Å². The zero-order valence-electron chi connectivity index (χ0n) is 12.6. The molecule has 2 aliphatic rings. The summed E-state index contributed by atoms with van der Waals surface area (Å²) in [6.45, 7) is 3.91. The van der Waals surface area contributed by atoms with Crippen LogP contribution in [0.15, 0.2) is 6.07 Å². The van der Waals surface area contributed by atoms with Crippen molar-refractivity contribution in [3.8, 4) is 0 Å². The van der Waals surface area contributed by atoms with Crippen LogP contribution in [0.3, 0.4) is 0 Å². The fourth-order valence-corrected chi connectivity index (χ4v) is 3.80. The van der Waals surface area contributed by atoms with E-state index in [1.165, 1.54) is 12.8 Å². The molecule has 0 unspecified atom stereocenters. The molecule has 114 valence electrons. The van der Waals surface area contributed by atoms with Gasteiger partial charge in [0.1, 0.15) is 6.54 Å². The lowest BCUT2D eigenvalue weighted by Gasteiger charge is -2.20. The molecule has 0 saturated heterocycles. The Bertz CT molecular complexity index is 566. The summed E-state index contributed by atoms with van der Waals surface area (Å²) >= 11 is 0. The van der Waals surface area contributed by atoms with Crippen molar-refractivity contribution in [3.05, 3.63) is 17.5 Å². The Labute approximate surface area is 124 Å². The lowest BCUT2D eigenvalue weighted by atomic mass is 9.88. The maximum Gasteiger partial charge on any atom is 0.260 e. The van der Waals surface area contributed by atoms with Gasteiger partial charge in [-0.15, -0.1) is 0 Å². The number of carbonyl (C=O) groups excluding carboxylic acids is 2. The first kappa shape index (κ1) is 14.1. The lowest BCUT2D eigenvalue weighted by Crippen LogP contribution is -2.46. The molecule has 0 aliphatic heterocycles. The molecule has 6 nitrogen and oxygen atoms in total. The van der Waals surface area contributed by atoms with Crippen molar-refractivity contribution in [2.24, 2.45) is 17.8 Å². The molecular weight excluding hydrogens is 268 g/mol. The summed E-state index contributed by atoms with van der Waals surface area (Å²) in [6.07, 6.45) is 4.57. The van der Waals surface area contributed by atoms with E-state index in [-0.39, 0.29) is 24.3 Å². The third-order valence-electron chi connectivity index (χ3n) is 4.80. The van der Waals surface area contributed by atoms with Crippen molar-refractivity contribution in [2.45, 2.75) is 46.1 Å². The van der Waals surface area contributed by atoms with Crippen molar-refractivity contribution in [2.75, 3.05) is 0 Å². The van der Waals surface area contributed by atoms with Crippen LogP contribution in [0.5, 0.6) is 0 Å². The molecule has 2 bridgehead atoms. The summed E-state index contributed by atoms with van der Waals surface area (Å²) in [5.74, 6) is 1.03. The Balaban J connectivity index is 1.47. The fourth-order valence-electron chi connectivity index (χ4n) is 3.80. The van der Waals surface area contributed by atoms with E-state index < -0.39 is 0 Å². The highest BCUT2D eigenvalue weighted by Crippen LogP contribution is 2.48. The van der Waals surface area contributed by atoms with Crippen LogP contribution in [-0.4, -0.2) is 21.6 Å². The van der Waals surface area contributed by atoms with Gasteiger partial charge in [-0.1, -0.05) is 6.42 Å². The van der Waals surface area contributed by atoms with Gasteiger partial charge in [0.15, 0.2) is 0 Å². The third-order valence-corrected chi connectivity index (χ3v) is 4.80. The number of nitrogens with zero attached hydrogens (tertiary/aromatic N) is 2. The average Bonchev–Trinajstić information content (AvgIpc) is 3.12. The Hall–Kier alpha value is -1.85. The Morgan fingerprint density at radius 2 is 2.10 bits per heavy atom. The molecular formula is C15H22N4O2. The van der Waals surface area contributed by atoms with Crippen molar-refractivity contribution < 1.29 is 9.59 Å². The summed E-state index contributed by atoms with van der Waals surface area (Å²) in [7, 11) is 0. The van der Waals surface area contributed by atoms with Crippen LogP contribution in [0.25, 0.3) is 0 Å². The van der Waals surface area contributed by atoms with Crippen LogP contribution in [0.2, 0.25) is 0 Å². The van der Waals surface area contributed by atoms with Gasteiger partial charge in [-0.05, 0) is 51.0 Å². The maximum absolute atomic E-state index is 12.1. The SMILES string of the molecule is Cc1cc(C)n(CC(=O)NNC(=O)[C@@H]2C[C@H]3CC[C@H]2C3)n1. The standard InChI is InChI=1S/C15H22N4O2/c1-9-5-10(2)19(18-9)8-14(20)16-17-15(21)13-7-11-3-4-12(13)6-11/h5,11-13H,3-4,6-8H2,1-2H3,(H,16,20)(H,17,21)/t11-,12-,13+/m0/s1. The Morgan fingerprint density at radius 3 is 2.67 bits per heavy atom. The Morgan fingerprint density at radius 1 is 1.29 bits per heavy atom. The number of nitrogens with one attached hydrogen (secondary N) is 2. The van der Waals surface area contributed by atoms with Gasteiger partial charge in [-0.3, -0.25) is 25.1 Å². The normalized spacial score (nSPS) is 26.9. The highest BCUT2D eigenvalue weighted by atomic mass is 16.2. The van der Waals surface area contributed by atoms with Crippen molar-refractivity contribution in [3.63, 3.8) is 0 Å². The number of aromatic nitrogens is 2. The van der Waals surface area contributed by atoms with E-state index in [1.807, 2.05) is 19.9 Å². The predicted octanol–water partition coefficient (Wildman–Crippen LogP) is 1.08. The van der Waals surface area contributed by atoms with Gasteiger partial charge in [0.25, 0.3) is 5.91 Å². The number of fused-ring (bicyclic) bond motifs is 2. The molecule has 1 heterocycles. The topological polar surface area (TPSA) is 76.0 Å². The van der Waals surface area contributed by atoms with Crippen molar-refractivity contribution >= 4 is 11.8 Å². The van der Waals surface area contributed by atoms with Crippen LogP contribution >= 0.6 is 0 Å². The smallest absolute Gasteiger partial charge is 0.260 e. The van der Waals surface area contributed by atoms with E-state index in [2.05, 4.69) is 16.0 Å². The third kappa shape index (κ3) is 2.94. The molecule has 1 aromatic heterocycles. The summed E-state index contributed by atoms with van der Waals surface area (Å²) in [4.78, 5) is 24.0. The van der Waals surface area contributed by atoms with E-state index in [9.17, 15) is 9.59 Å². The van der Waals surface area contributed by atoms with Crippen molar-refractivity contribution in [1.82, 2.24) is 20.6 Å². The molecule has 2 fully saturated rings. The van der Waals surface area contributed by atoms with E-state index >= 15 is 0 Å². The molecule has 6 heteroatoms. The second-order valence-corrected chi connectivity index (χ2v) is 6.40. The second kappa shape index (κ2) is 5.50. The number of hydrogen-bond acceptors (Lipinski definition) is 3. The average molecular weight is 290 g/mol. The molecule has 3 atom stereocenters. The van der Waals surface area contributed by atoms with E-state index in [1.54, 1.807) is 4.68 Å². The lowest BCUT2D eigenvalue weighted by molar-refractivity contribution is -0.132. The number of carbonyl (C=O) groups is 2. The number of amides is 2. The van der Waals surface area contributed by atoms with Gasteiger partial charge in [-0.2, -0.15) is 5.10 Å². The molecule has 2 amide bonds. The first-order valence-electron chi connectivity index (χ1n) is 7.62. The van der Waals surface area contributed by atoms with Crippen LogP contribution < -0.4 is 10.9 Å². The number of aryl methyl sites for hydroxylation is 2. The molecule has 2 N–H and O–H groups in total. The zero-order chi connectivity index (χ0) is 15.0. The zero-order valence-corrected chi connectivity index (χ0v) is 12.6. The number of hydrogen-bond donors (Lipinski definition) is 2. The minimum absolute atomic E-state index is 0.0380. The van der Waals surface area contributed by atoms with Crippen LogP contribution in [0.4, 0.5) is 0 Å². The minimum atomic E-state index is -0.252. The second-order valence-electron chi connectivity index (χ2n) is 6.40. The van der Waals surface area contributed by atoms with E-state index in [0.29, 0.717) is 5.92 Å². The molecule has 1 aromatic rings. The van der Waals surface area contributed by atoms with Gasteiger partial charge in [0.2, 0.25) is 5.91 Å². The van der Waals surface area contributed by atoms with Crippen molar-refractivity contribution in [1.29, 1.82) is 0 Å². The maximum atomic E-state index is 12.1. The monoisotopic (exact) mass is 290 g/mol. The largest absolute Gasteiger partial charge is 0.273 e. The molecule has 0 spiro atoms. The van der Waals surface area contributed by atoms with Crippen LogP contribution in [0, 0.1) is 31.6 Å². The summed E-state index contributed by atoms with van der Waals surface area (Å²) in [5.41, 5.74) is 6.89. The van der Waals surface area contributed by atoms with Gasteiger partial charge >= 0.3 is 0 Å². The minimum Gasteiger partial charge on any atom is -0.273 e. The van der Waals surface area contributed by atoms with E-state index in [4.69, 9.17) is 0 Å². The van der Waals surface area contributed by atoms with Crippen LogP contribution in [-0.2, 0) is 16.1 Å². The summed E-state index contributed by atoms with van der Waals surface area (Å²) in [6, 6.07) is 1.92. The van der Waals surface area contributed by atoms with Crippen LogP contribution in [0.1, 0.15) is 37.1 Å². The molecule has 0 radical (unpaired) electrons. The quantitative estimate of drug-likeness (QED) is 0.818. The Kier molecular flexibility index (Phi) is 3.69. The predicted molar refractivity (Wildman–Crippen MR) is 76.9 cm³/mol. The molecule has 0 aromatic carbocycles. The first-order chi connectivity index (χ1) is 10.0. The van der Waals surface area contributed by atoms with Gasteiger partial charge < -0.3 is 0 Å². The fraction of sp³-hybridized carbons (Fsp3) is 0.667. The molecule has 2 aliphatic carbocycles. The van der Waals surface area contributed by atoms with Gasteiger partial charge in [0.05, 0.1) is 5.69 Å². The molecule has 2 saturated carbocycles. The highest BCUT2D eigenvalue weighted by Gasteiger charge is 2.43. The first-order valence-corrected chi connectivity index (χ1v) is 7.62. The summed E-state index contributed by atoms with van der Waals surface area (Å²) in [5, 5.41) is 4.23. The van der Waals surface area contributed by atoms with Gasteiger partial charge in [-0.25, -0.2) is 0 Å².